The zero-order valence-electron chi connectivity index (χ0n) is 11.1. The van der Waals surface area contributed by atoms with Crippen LogP contribution in [0.25, 0.3) is 0 Å². The standard InChI is InChI=1S/C12H19BrN2O3S2/c13-11-2-3-12(19-11)20(16,17)15-7-4-10(5-8-15)18-9-1-6-14/h2-3,10H,1,4-9,14H2. The first kappa shape index (κ1) is 16.4. The van der Waals surface area contributed by atoms with Gasteiger partial charge in [0.2, 0.25) is 0 Å². The third kappa shape index (κ3) is 4.02. The Labute approximate surface area is 132 Å². The van der Waals surface area contributed by atoms with Crippen molar-refractivity contribution in [3.8, 4) is 0 Å². The maximum atomic E-state index is 12.4. The van der Waals surface area contributed by atoms with Gasteiger partial charge in [-0.25, -0.2) is 8.42 Å². The highest BCUT2D eigenvalue weighted by Gasteiger charge is 2.30. The van der Waals surface area contributed by atoms with Gasteiger partial charge in [-0.1, -0.05) is 0 Å². The van der Waals surface area contributed by atoms with Crippen LogP contribution in [0, 0.1) is 0 Å². The average molecular weight is 383 g/mol. The molecule has 0 aromatic carbocycles. The summed E-state index contributed by atoms with van der Waals surface area (Å²) in [6, 6.07) is 3.41. The number of nitrogens with two attached hydrogens (primary N) is 1. The van der Waals surface area contributed by atoms with Crippen molar-refractivity contribution in [1.29, 1.82) is 0 Å². The number of halogens is 1. The van der Waals surface area contributed by atoms with Crippen molar-refractivity contribution in [2.45, 2.75) is 29.6 Å². The van der Waals surface area contributed by atoms with Crippen molar-refractivity contribution >= 4 is 37.3 Å². The maximum Gasteiger partial charge on any atom is 0.252 e. The molecule has 0 radical (unpaired) electrons. The molecule has 1 aromatic rings. The summed E-state index contributed by atoms with van der Waals surface area (Å²) < 4.78 is 33.3. The van der Waals surface area contributed by atoms with Gasteiger partial charge in [0.25, 0.3) is 10.0 Å². The fourth-order valence-electron chi connectivity index (χ4n) is 2.14. The average Bonchev–Trinajstić information content (AvgIpc) is 2.87. The van der Waals surface area contributed by atoms with Gasteiger partial charge in [0.15, 0.2) is 0 Å². The lowest BCUT2D eigenvalue weighted by atomic mass is 10.1. The van der Waals surface area contributed by atoms with Crippen LogP contribution in [0.4, 0.5) is 0 Å². The van der Waals surface area contributed by atoms with Crippen molar-refractivity contribution in [1.82, 2.24) is 4.31 Å². The highest BCUT2D eigenvalue weighted by atomic mass is 79.9. The molecule has 0 spiro atoms. The highest BCUT2D eigenvalue weighted by Crippen LogP contribution is 2.30. The van der Waals surface area contributed by atoms with Crippen LogP contribution in [0.15, 0.2) is 20.1 Å². The van der Waals surface area contributed by atoms with E-state index in [0.29, 0.717) is 30.5 Å². The molecule has 1 aliphatic heterocycles. The van der Waals surface area contributed by atoms with Crippen molar-refractivity contribution < 1.29 is 13.2 Å². The molecular weight excluding hydrogens is 364 g/mol. The van der Waals surface area contributed by atoms with Gasteiger partial charge in [0, 0.05) is 19.7 Å². The normalized spacial score (nSPS) is 18.5. The first-order valence-electron chi connectivity index (χ1n) is 6.61. The van der Waals surface area contributed by atoms with Crippen molar-refractivity contribution in [3.63, 3.8) is 0 Å². The quantitative estimate of drug-likeness (QED) is 0.763. The second-order valence-electron chi connectivity index (χ2n) is 4.68. The van der Waals surface area contributed by atoms with Gasteiger partial charge < -0.3 is 10.5 Å². The Kier molecular flexibility index (Phi) is 6.00. The van der Waals surface area contributed by atoms with Crippen LogP contribution in [0.5, 0.6) is 0 Å². The molecule has 114 valence electrons. The second kappa shape index (κ2) is 7.33. The van der Waals surface area contributed by atoms with Crippen LogP contribution in [0.1, 0.15) is 19.3 Å². The van der Waals surface area contributed by atoms with E-state index < -0.39 is 10.0 Å². The molecule has 20 heavy (non-hydrogen) atoms. The number of nitrogens with zero attached hydrogens (tertiary/aromatic N) is 1. The lowest BCUT2D eigenvalue weighted by Gasteiger charge is -2.30. The number of thiophene rings is 1. The Morgan fingerprint density at radius 3 is 2.65 bits per heavy atom. The molecule has 8 heteroatoms. The van der Waals surface area contributed by atoms with Gasteiger partial charge >= 0.3 is 0 Å². The summed E-state index contributed by atoms with van der Waals surface area (Å²) in [5.41, 5.74) is 5.42. The molecule has 1 saturated heterocycles. The van der Waals surface area contributed by atoms with Gasteiger partial charge in [-0.05, 0) is 53.9 Å². The number of hydrogen-bond donors (Lipinski definition) is 1. The summed E-state index contributed by atoms with van der Waals surface area (Å²) in [6.45, 7) is 2.32. The lowest BCUT2D eigenvalue weighted by Crippen LogP contribution is -2.40. The molecule has 0 atom stereocenters. The lowest BCUT2D eigenvalue weighted by molar-refractivity contribution is 0.0209. The fraction of sp³-hybridized carbons (Fsp3) is 0.667. The van der Waals surface area contributed by atoms with E-state index in [9.17, 15) is 8.42 Å². The molecule has 2 rings (SSSR count). The zero-order valence-corrected chi connectivity index (χ0v) is 14.3. The molecule has 0 amide bonds. The minimum atomic E-state index is -3.34. The number of hydrogen-bond acceptors (Lipinski definition) is 5. The van der Waals surface area contributed by atoms with Crippen LogP contribution in [0.2, 0.25) is 0 Å². The smallest absolute Gasteiger partial charge is 0.252 e. The number of sulfonamides is 1. The van der Waals surface area contributed by atoms with Gasteiger partial charge in [-0.3, -0.25) is 0 Å². The SMILES string of the molecule is NCCCOC1CCN(S(=O)(=O)c2ccc(Br)s2)CC1. The summed E-state index contributed by atoms with van der Waals surface area (Å²) in [7, 11) is -3.34. The van der Waals surface area contributed by atoms with Crippen molar-refractivity contribution in [3.05, 3.63) is 15.9 Å². The summed E-state index contributed by atoms with van der Waals surface area (Å²) >= 11 is 4.55. The first-order valence-corrected chi connectivity index (χ1v) is 9.66. The van der Waals surface area contributed by atoms with Crippen LogP contribution in [-0.2, 0) is 14.8 Å². The fourth-order valence-corrected chi connectivity index (χ4v) is 5.77. The van der Waals surface area contributed by atoms with Crippen LogP contribution >= 0.6 is 27.3 Å². The molecule has 1 aliphatic rings. The summed E-state index contributed by atoms with van der Waals surface area (Å²) in [5, 5.41) is 0. The van der Waals surface area contributed by atoms with Gasteiger partial charge in [-0.15, -0.1) is 11.3 Å². The highest BCUT2D eigenvalue weighted by molar-refractivity contribution is 9.11. The molecule has 0 aliphatic carbocycles. The number of rotatable bonds is 6. The van der Waals surface area contributed by atoms with E-state index in [-0.39, 0.29) is 6.10 Å². The molecule has 2 N–H and O–H groups in total. The van der Waals surface area contributed by atoms with Crippen LogP contribution in [0.3, 0.4) is 0 Å². The predicted octanol–water partition coefficient (Wildman–Crippen LogP) is 2.03. The molecule has 0 bridgehead atoms. The zero-order chi connectivity index (χ0) is 14.6. The van der Waals surface area contributed by atoms with E-state index >= 15 is 0 Å². The van der Waals surface area contributed by atoms with E-state index in [0.717, 1.165) is 23.0 Å². The van der Waals surface area contributed by atoms with E-state index in [1.807, 2.05) is 0 Å². The molecular formula is C12H19BrN2O3S2. The first-order chi connectivity index (χ1) is 9.54. The van der Waals surface area contributed by atoms with Crippen LogP contribution < -0.4 is 5.73 Å². The monoisotopic (exact) mass is 382 g/mol. The van der Waals surface area contributed by atoms with Crippen molar-refractivity contribution in [2.24, 2.45) is 5.73 Å². The molecule has 1 fully saturated rings. The van der Waals surface area contributed by atoms with E-state index in [4.69, 9.17) is 10.5 Å². The Hall–Kier alpha value is 0.01000. The largest absolute Gasteiger partial charge is 0.378 e. The minimum absolute atomic E-state index is 0.156. The molecule has 5 nitrogen and oxygen atoms in total. The van der Waals surface area contributed by atoms with E-state index in [1.54, 1.807) is 16.4 Å². The Morgan fingerprint density at radius 2 is 2.10 bits per heavy atom. The van der Waals surface area contributed by atoms with Gasteiger partial charge in [0.1, 0.15) is 4.21 Å². The van der Waals surface area contributed by atoms with E-state index in [1.165, 1.54) is 11.3 Å². The summed E-state index contributed by atoms with van der Waals surface area (Å²) in [5.74, 6) is 0. The number of piperidine rings is 1. The topological polar surface area (TPSA) is 72.6 Å². The molecule has 0 unspecified atom stereocenters. The Balaban J connectivity index is 1.90. The molecule has 1 aromatic heterocycles. The van der Waals surface area contributed by atoms with E-state index in [2.05, 4.69) is 15.9 Å². The van der Waals surface area contributed by atoms with Gasteiger partial charge in [-0.2, -0.15) is 4.31 Å². The third-order valence-electron chi connectivity index (χ3n) is 3.25. The predicted molar refractivity (Wildman–Crippen MR) is 83.4 cm³/mol. The summed E-state index contributed by atoms with van der Waals surface area (Å²) in [4.78, 5) is 0. The number of ether oxygens (including phenoxy) is 1. The summed E-state index contributed by atoms with van der Waals surface area (Å²) in [6.07, 6.45) is 2.50. The Bertz CT molecular complexity index is 525. The Morgan fingerprint density at radius 1 is 1.40 bits per heavy atom. The minimum Gasteiger partial charge on any atom is -0.378 e. The molecule has 0 saturated carbocycles. The second-order valence-corrected chi connectivity index (χ2v) is 9.30. The van der Waals surface area contributed by atoms with Crippen molar-refractivity contribution in [2.75, 3.05) is 26.2 Å². The van der Waals surface area contributed by atoms with Crippen LogP contribution in [-0.4, -0.2) is 45.1 Å². The molecule has 2 heterocycles. The third-order valence-corrected chi connectivity index (χ3v) is 7.24. The maximum absolute atomic E-state index is 12.4. The van der Waals surface area contributed by atoms with Gasteiger partial charge in [0.05, 0.1) is 9.89 Å².